The smallest absolute Gasteiger partial charge is 0.341 e. The zero-order chi connectivity index (χ0) is 16.9. The van der Waals surface area contributed by atoms with Crippen LogP contribution in [-0.4, -0.2) is 79.0 Å². The van der Waals surface area contributed by atoms with Gasteiger partial charge in [-0.25, -0.2) is 0 Å². The van der Waals surface area contributed by atoms with Gasteiger partial charge in [-0.15, -0.1) is 0 Å². The Kier molecular flexibility index (Phi) is 6.65. The van der Waals surface area contributed by atoms with Crippen LogP contribution in [0.3, 0.4) is 0 Å². The lowest BCUT2D eigenvalue weighted by Crippen LogP contribution is -2.43. The Balaban J connectivity index is 2.48. The van der Waals surface area contributed by atoms with Gasteiger partial charge in [-0.3, -0.25) is 14.5 Å². The van der Waals surface area contributed by atoms with E-state index in [9.17, 15) is 22.8 Å². The van der Waals surface area contributed by atoms with Crippen LogP contribution in [0.1, 0.15) is 20.3 Å². The van der Waals surface area contributed by atoms with E-state index in [0.29, 0.717) is 37.5 Å². The molecule has 1 heterocycles. The molecule has 1 rings (SSSR count). The Hall–Kier alpha value is -1.31. The van der Waals surface area contributed by atoms with Crippen molar-refractivity contribution in [3.63, 3.8) is 0 Å². The SMILES string of the molecule is CC(C)C(=O)N1CCCN(CC(=O)N(C)CC(F)(F)F)CC1. The van der Waals surface area contributed by atoms with Crippen LogP contribution in [0, 0.1) is 5.92 Å². The first-order chi connectivity index (χ1) is 10.1. The molecule has 0 spiro atoms. The lowest BCUT2D eigenvalue weighted by atomic mass is 10.2. The van der Waals surface area contributed by atoms with Crippen LogP contribution in [-0.2, 0) is 9.59 Å². The first kappa shape index (κ1) is 18.7. The minimum Gasteiger partial charge on any atom is -0.341 e. The number of carbonyl (C=O) groups excluding carboxylic acids is 2. The fourth-order valence-corrected chi connectivity index (χ4v) is 2.38. The molecule has 0 atom stereocenters. The van der Waals surface area contributed by atoms with E-state index >= 15 is 0 Å². The number of halogens is 3. The highest BCUT2D eigenvalue weighted by Crippen LogP contribution is 2.16. The maximum atomic E-state index is 12.3. The summed E-state index contributed by atoms with van der Waals surface area (Å²) in [5.41, 5.74) is 0. The van der Waals surface area contributed by atoms with Crippen molar-refractivity contribution in [2.24, 2.45) is 5.92 Å². The van der Waals surface area contributed by atoms with E-state index in [4.69, 9.17) is 0 Å². The standard InChI is InChI=1S/C14H24F3N3O2/c1-11(2)13(22)20-6-4-5-19(7-8-20)9-12(21)18(3)10-14(15,16)17/h11H,4-10H2,1-3H3. The van der Waals surface area contributed by atoms with Gasteiger partial charge in [-0.2, -0.15) is 13.2 Å². The summed E-state index contributed by atoms with van der Waals surface area (Å²) >= 11 is 0. The van der Waals surface area contributed by atoms with E-state index in [1.165, 1.54) is 0 Å². The van der Waals surface area contributed by atoms with E-state index in [2.05, 4.69) is 0 Å². The summed E-state index contributed by atoms with van der Waals surface area (Å²) in [7, 11) is 1.15. The molecule has 2 amide bonds. The van der Waals surface area contributed by atoms with Crippen LogP contribution in [0.4, 0.5) is 13.2 Å². The molecule has 5 nitrogen and oxygen atoms in total. The van der Waals surface area contributed by atoms with Crippen LogP contribution in [0.15, 0.2) is 0 Å². The van der Waals surface area contributed by atoms with Crippen molar-refractivity contribution in [3.05, 3.63) is 0 Å². The van der Waals surface area contributed by atoms with Crippen LogP contribution in [0.2, 0.25) is 0 Å². The van der Waals surface area contributed by atoms with Gasteiger partial charge in [-0.1, -0.05) is 13.8 Å². The molecule has 1 fully saturated rings. The van der Waals surface area contributed by atoms with Gasteiger partial charge in [0.05, 0.1) is 6.54 Å². The highest BCUT2D eigenvalue weighted by Gasteiger charge is 2.31. The maximum absolute atomic E-state index is 12.3. The molecule has 0 unspecified atom stereocenters. The second-order valence-corrected chi connectivity index (χ2v) is 5.97. The van der Waals surface area contributed by atoms with Crippen molar-refractivity contribution in [3.8, 4) is 0 Å². The first-order valence-corrected chi connectivity index (χ1v) is 7.42. The van der Waals surface area contributed by atoms with Gasteiger partial charge < -0.3 is 9.80 Å². The summed E-state index contributed by atoms with van der Waals surface area (Å²) in [6, 6.07) is 0. The third kappa shape index (κ3) is 6.21. The predicted octanol–water partition coefficient (Wildman–Crippen LogP) is 1.20. The number of alkyl halides is 3. The summed E-state index contributed by atoms with van der Waals surface area (Å²) in [6.07, 6.45) is -3.67. The lowest BCUT2D eigenvalue weighted by molar-refractivity contribution is -0.159. The van der Waals surface area contributed by atoms with E-state index in [1.54, 1.807) is 4.90 Å². The maximum Gasteiger partial charge on any atom is 0.406 e. The summed E-state index contributed by atoms with van der Waals surface area (Å²) in [4.78, 5) is 28.0. The number of hydrogen-bond acceptors (Lipinski definition) is 3. The largest absolute Gasteiger partial charge is 0.406 e. The zero-order valence-electron chi connectivity index (χ0n) is 13.3. The molecular weight excluding hydrogens is 299 g/mol. The lowest BCUT2D eigenvalue weighted by Gasteiger charge is -2.25. The fourth-order valence-electron chi connectivity index (χ4n) is 2.38. The molecule has 8 heteroatoms. The fraction of sp³-hybridized carbons (Fsp3) is 0.857. The van der Waals surface area contributed by atoms with Crippen molar-refractivity contribution in [2.75, 3.05) is 46.3 Å². The summed E-state index contributed by atoms with van der Waals surface area (Å²) in [5, 5.41) is 0. The van der Waals surface area contributed by atoms with E-state index in [-0.39, 0.29) is 18.4 Å². The number of carbonyl (C=O) groups is 2. The summed E-state index contributed by atoms with van der Waals surface area (Å²) in [6.45, 7) is 4.63. The highest BCUT2D eigenvalue weighted by atomic mass is 19.4. The molecule has 0 aromatic carbocycles. The Morgan fingerprint density at radius 2 is 1.77 bits per heavy atom. The van der Waals surface area contributed by atoms with Gasteiger partial charge in [0.25, 0.3) is 0 Å². The number of amides is 2. The molecule has 0 bridgehead atoms. The Morgan fingerprint density at radius 3 is 2.32 bits per heavy atom. The molecule has 0 saturated carbocycles. The number of rotatable bonds is 4. The second-order valence-electron chi connectivity index (χ2n) is 5.97. The van der Waals surface area contributed by atoms with Crippen LogP contribution < -0.4 is 0 Å². The number of likely N-dealkylation sites (N-methyl/N-ethyl adjacent to an activating group) is 1. The van der Waals surface area contributed by atoms with Crippen LogP contribution >= 0.6 is 0 Å². The molecule has 1 aliphatic heterocycles. The van der Waals surface area contributed by atoms with Crippen LogP contribution in [0.25, 0.3) is 0 Å². The van der Waals surface area contributed by atoms with Gasteiger partial charge >= 0.3 is 6.18 Å². The third-order valence-electron chi connectivity index (χ3n) is 3.60. The van der Waals surface area contributed by atoms with Crippen molar-refractivity contribution in [1.29, 1.82) is 0 Å². The van der Waals surface area contributed by atoms with Gasteiger partial charge in [-0.05, 0) is 6.42 Å². The van der Waals surface area contributed by atoms with E-state index < -0.39 is 18.6 Å². The van der Waals surface area contributed by atoms with Crippen molar-refractivity contribution in [1.82, 2.24) is 14.7 Å². The van der Waals surface area contributed by atoms with Crippen LogP contribution in [0.5, 0.6) is 0 Å². The van der Waals surface area contributed by atoms with Crippen molar-refractivity contribution < 1.29 is 22.8 Å². The quantitative estimate of drug-likeness (QED) is 0.781. The molecule has 0 radical (unpaired) electrons. The Bertz CT molecular complexity index is 399. The van der Waals surface area contributed by atoms with Gasteiger partial charge in [0.2, 0.25) is 11.8 Å². The van der Waals surface area contributed by atoms with Crippen molar-refractivity contribution >= 4 is 11.8 Å². The monoisotopic (exact) mass is 323 g/mol. The zero-order valence-corrected chi connectivity index (χ0v) is 13.3. The van der Waals surface area contributed by atoms with Gasteiger partial charge in [0.1, 0.15) is 6.54 Å². The minimum absolute atomic E-state index is 0.0453. The second kappa shape index (κ2) is 7.80. The molecule has 1 aliphatic rings. The highest BCUT2D eigenvalue weighted by molar-refractivity contribution is 5.78. The average Bonchev–Trinajstić information content (AvgIpc) is 2.61. The summed E-state index contributed by atoms with van der Waals surface area (Å²) < 4.78 is 36.8. The molecule has 22 heavy (non-hydrogen) atoms. The molecule has 0 N–H and O–H groups in total. The first-order valence-electron chi connectivity index (χ1n) is 7.42. The molecular formula is C14H24F3N3O2. The van der Waals surface area contributed by atoms with E-state index in [1.807, 2.05) is 18.7 Å². The molecule has 1 saturated heterocycles. The minimum atomic E-state index is -4.39. The van der Waals surface area contributed by atoms with Crippen molar-refractivity contribution in [2.45, 2.75) is 26.4 Å². The van der Waals surface area contributed by atoms with E-state index in [0.717, 1.165) is 7.05 Å². The molecule has 0 aromatic heterocycles. The summed E-state index contributed by atoms with van der Waals surface area (Å²) in [5.74, 6) is -0.561. The Morgan fingerprint density at radius 1 is 1.14 bits per heavy atom. The van der Waals surface area contributed by atoms with Gasteiger partial charge in [0, 0.05) is 39.1 Å². The number of hydrogen-bond donors (Lipinski definition) is 0. The molecule has 0 aromatic rings. The predicted molar refractivity (Wildman–Crippen MR) is 76.2 cm³/mol. The normalized spacial score (nSPS) is 17.5. The third-order valence-corrected chi connectivity index (χ3v) is 3.60. The Labute approximate surface area is 129 Å². The molecule has 128 valence electrons. The van der Waals surface area contributed by atoms with Gasteiger partial charge in [0.15, 0.2) is 0 Å². The number of nitrogens with zero attached hydrogens (tertiary/aromatic N) is 3. The average molecular weight is 323 g/mol. The topological polar surface area (TPSA) is 43.9 Å². The molecule has 0 aliphatic carbocycles.